The second-order valence-electron chi connectivity index (χ2n) is 4.86. The van der Waals surface area contributed by atoms with Crippen LogP contribution < -0.4 is 5.32 Å². The molecule has 0 aliphatic rings. The molecular formula is C16H16F3NO. The quantitative estimate of drug-likeness (QED) is 0.865. The maximum atomic E-state index is 13.3. The number of alkyl halides is 2. The summed E-state index contributed by atoms with van der Waals surface area (Å²) in [6.45, 7) is 1.53. The van der Waals surface area contributed by atoms with Gasteiger partial charge in [0.15, 0.2) is 0 Å². The summed E-state index contributed by atoms with van der Waals surface area (Å²) in [5, 5.41) is 12.5. The summed E-state index contributed by atoms with van der Waals surface area (Å²) in [4.78, 5) is 0. The minimum atomic E-state index is -2.52. The predicted octanol–water partition coefficient (Wildman–Crippen LogP) is 4.22. The first-order valence-corrected chi connectivity index (χ1v) is 6.52. The Labute approximate surface area is 121 Å². The zero-order valence-corrected chi connectivity index (χ0v) is 11.5. The van der Waals surface area contributed by atoms with Gasteiger partial charge in [-0.05, 0) is 36.2 Å². The Bertz CT molecular complexity index is 579. The van der Waals surface area contributed by atoms with Crippen molar-refractivity contribution in [3.8, 4) is 0 Å². The molecule has 2 aromatic rings. The highest BCUT2D eigenvalue weighted by molar-refractivity contribution is 5.48. The third kappa shape index (κ3) is 3.98. The van der Waals surface area contributed by atoms with E-state index >= 15 is 0 Å². The minimum absolute atomic E-state index is 0.0722. The third-order valence-corrected chi connectivity index (χ3v) is 3.16. The highest BCUT2D eigenvalue weighted by Gasteiger charge is 2.13. The molecule has 1 atom stereocenters. The smallest absolute Gasteiger partial charge is 0.263 e. The van der Waals surface area contributed by atoms with Gasteiger partial charge in [0, 0.05) is 11.3 Å². The van der Waals surface area contributed by atoms with Crippen LogP contribution in [0, 0.1) is 12.7 Å². The average Bonchev–Trinajstić information content (AvgIpc) is 2.44. The Hall–Kier alpha value is -2.01. The standard InChI is InChI=1S/C16H16F3NO/c1-10-6-13(17)8-14(7-10)20-15(9-21)11-2-4-12(5-3-11)16(18)19/h2-8,15-16,20-21H,9H2,1H3. The van der Waals surface area contributed by atoms with Gasteiger partial charge < -0.3 is 10.4 Å². The molecule has 0 aliphatic heterocycles. The predicted molar refractivity (Wildman–Crippen MR) is 76.0 cm³/mol. The van der Waals surface area contributed by atoms with Crippen molar-refractivity contribution in [1.82, 2.24) is 0 Å². The van der Waals surface area contributed by atoms with Gasteiger partial charge in [-0.15, -0.1) is 0 Å². The van der Waals surface area contributed by atoms with Crippen molar-refractivity contribution in [2.45, 2.75) is 19.4 Å². The highest BCUT2D eigenvalue weighted by Crippen LogP contribution is 2.24. The van der Waals surface area contributed by atoms with Gasteiger partial charge in [0.2, 0.25) is 0 Å². The van der Waals surface area contributed by atoms with Crippen LogP contribution in [0.15, 0.2) is 42.5 Å². The number of rotatable bonds is 5. The number of benzene rings is 2. The van der Waals surface area contributed by atoms with Gasteiger partial charge >= 0.3 is 0 Å². The molecule has 0 bridgehead atoms. The number of aliphatic hydroxyl groups is 1. The number of halogens is 3. The summed E-state index contributed by atoms with van der Waals surface area (Å²) in [6, 6.07) is 9.68. The van der Waals surface area contributed by atoms with Crippen LogP contribution in [-0.4, -0.2) is 11.7 Å². The number of aryl methyl sites for hydroxylation is 1. The first-order chi connectivity index (χ1) is 9.99. The lowest BCUT2D eigenvalue weighted by molar-refractivity contribution is 0.151. The van der Waals surface area contributed by atoms with Crippen molar-refractivity contribution in [2.75, 3.05) is 11.9 Å². The summed E-state index contributed by atoms with van der Waals surface area (Å²) in [5.74, 6) is -0.373. The molecule has 0 heterocycles. The lowest BCUT2D eigenvalue weighted by atomic mass is 10.0. The minimum Gasteiger partial charge on any atom is -0.394 e. The van der Waals surface area contributed by atoms with Crippen molar-refractivity contribution >= 4 is 5.69 Å². The van der Waals surface area contributed by atoms with Crippen molar-refractivity contribution in [2.24, 2.45) is 0 Å². The van der Waals surface area contributed by atoms with Crippen LogP contribution in [0.4, 0.5) is 18.9 Å². The second kappa shape index (κ2) is 6.63. The summed E-state index contributed by atoms with van der Waals surface area (Å²) >= 11 is 0. The van der Waals surface area contributed by atoms with Crippen LogP contribution >= 0.6 is 0 Å². The third-order valence-electron chi connectivity index (χ3n) is 3.16. The topological polar surface area (TPSA) is 32.3 Å². The van der Waals surface area contributed by atoms with E-state index < -0.39 is 12.5 Å². The van der Waals surface area contributed by atoms with E-state index in [1.165, 1.54) is 36.4 Å². The second-order valence-corrected chi connectivity index (χ2v) is 4.86. The summed E-state index contributed by atoms with van der Waals surface area (Å²) in [6.07, 6.45) is -2.52. The highest BCUT2D eigenvalue weighted by atomic mass is 19.3. The molecule has 2 nitrogen and oxygen atoms in total. The van der Waals surface area contributed by atoms with Gasteiger partial charge in [0.25, 0.3) is 6.43 Å². The van der Waals surface area contributed by atoms with Gasteiger partial charge in [-0.3, -0.25) is 0 Å². The van der Waals surface area contributed by atoms with Crippen LogP contribution in [0.2, 0.25) is 0 Å². The van der Waals surface area contributed by atoms with Crippen molar-refractivity contribution < 1.29 is 18.3 Å². The van der Waals surface area contributed by atoms with E-state index in [0.29, 0.717) is 11.3 Å². The number of aliphatic hydroxyl groups excluding tert-OH is 1. The van der Waals surface area contributed by atoms with Crippen molar-refractivity contribution in [1.29, 1.82) is 0 Å². The van der Waals surface area contributed by atoms with Crippen LogP contribution in [0.25, 0.3) is 0 Å². The molecule has 1 unspecified atom stereocenters. The van der Waals surface area contributed by atoms with Gasteiger partial charge in [0.05, 0.1) is 12.6 Å². The molecule has 0 aliphatic carbocycles. The normalized spacial score (nSPS) is 12.5. The van der Waals surface area contributed by atoms with Crippen molar-refractivity contribution in [3.63, 3.8) is 0 Å². The van der Waals surface area contributed by atoms with Crippen molar-refractivity contribution in [3.05, 3.63) is 65.0 Å². The number of hydrogen-bond acceptors (Lipinski definition) is 2. The Morgan fingerprint density at radius 2 is 1.67 bits per heavy atom. The zero-order valence-electron chi connectivity index (χ0n) is 11.5. The molecule has 2 rings (SSSR count). The number of hydrogen-bond donors (Lipinski definition) is 2. The summed E-state index contributed by atoms with van der Waals surface area (Å²) < 4.78 is 38.4. The molecule has 0 saturated heterocycles. The van der Waals surface area contributed by atoms with Gasteiger partial charge in [-0.1, -0.05) is 24.3 Å². The van der Waals surface area contributed by atoms with E-state index in [2.05, 4.69) is 5.32 Å². The molecule has 0 saturated carbocycles. The molecule has 0 spiro atoms. The molecule has 5 heteroatoms. The molecule has 2 aromatic carbocycles. The fraction of sp³-hybridized carbons (Fsp3) is 0.250. The molecule has 112 valence electrons. The maximum absolute atomic E-state index is 13.3. The summed E-state index contributed by atoms with van der Waals surface area (Å²) in [5.41, 5.74) is 1.87. The lowest BCUT2D eigenvalue weighted by Gasteiger charge is -2.19. The number of anilines is 1. The fourth-order valence-corrected chi connectivity index (χ4v) is 2.13. The molecule has 0 aromatic heterocycles. The average molecular weight is 295 g/mol. The van der Waals surface area contributed by atoms with E-state index in [1.807, 2.05) is 0 Å². The Morgan fingerprint density at radius 3 is 2.19 bits per heavy atom. The van der Waals surface area contributed by atoms with E-state index in [1.54, 1.807) is 13.0 Å². The SMILES string of the molecule is Cc1cc(F)cc(NC(CO)c2ccc(C(F)F)cc2)c1. The van der Waals surface area contributed by atoms with Crippen LogP contribution in [-0.2, 0) is 0 Å². The van der Waals surface area contributed by atoms with Gasteiger partial charge in [-0.25, -0.2) is 13.2 Å². The zero-order chi connectivity index (χ0) is 15.4. The molecule has 0 radical (unpaired) electrons. The van der Waals surface area contributed by atoms with Crippen LogP contribution in [0.5, 0.6) is 0 Å². The molecule has 0 amide bonds. The van der Waals surface area contributed by atoms with E-state index in [-0.39, 0.29) is 18.0 Å². The van der Waals surface area contributed by atoms with E-state index in [0.717, 1.165) is 5.56 Å². The maximum Gasteiger partial charge on any atom is 0.263 e. The van der Waals surface area contributed by atoms with Crippen LogP contribution in [0.1, 0.15) is 29.2 Å². The first-order valence-electron chi connectivity index (χ1n) is 6.52. The Kier molecular flexibility index (Phi) is 4.85. The number of nitrogens with one attached hydrogen (secondary N) is 1. The monoisotopic (exact) mass is 295 g/mol. The Morgan fingerprint density at radius 1 is 1.05 bits per heavy atom. The van der Waals surface area contributed by atoms with Gasteiger partial charge in [0.1, 0.15) is 5.82 Å². The Balaban J connectivity index is 2.19. The fourth-order valence-electron chi connectivity index (χ4n) is 2.13. The molecule has 0 fully saturated rings. The summed E-state index contributed by atoms with van der Waals surface area (Å²) in [7, 11) is 0. The molecule has 21 heavy (non-hydrogen) atoms. The van der Waals surface area contributed by atoms with E-state index in [9.17, 15) is 18.3 Å². The first kappa shape index (κ1) is 15.4. The molecule has 2 N–H and O–H groups in total. The van der Waals surface area contributed by atoms with Gasteiger partial charge in [-0.2, -0.15) is 0 Å². The van der Waals surface area contributed by atoms with E-state index in [4.69, 9.17) is 0 Å². The largest absolute Gasteiger partial charge is 0.394 e. The lowest BCUT2D eigenvalue weighted by Crippen LogP contribution is -2.15. The van der Waals surface area contributed by atoms with Crippen LogP contribution in [0.3, 0.4) is 0 Å². The molecular weight excluding hydrogens is 279 g/mol.